The number of carbonyl (C=O) groups excluding carboxylic acids is 2. The van der Waals surface area contributed by atoms with Crippen LogP contribution in [0, 0.1) is 5.92 Å². The lowest BCUT2D eigenvalue weighted by molar-refractivity contribution is -0.153. The van der Waals surface area contributed by atoms with Crippen molar-refractivity contribution in [1.29, 1.82) is 0 Å². The van der Waals surface area contributed by atoms with Gasteiger partial charge in [0.15, 0.2) is 0 Å². The van der Waals surface area contributed by atoms with Gasteiger partial charge in [0.25, 0.3) is 0 Å². The van der Waals surface area contributed by atoms with E-state index in [0.717, 1.165) is 12.8 Å². The Morgan fingerprint density at radius 2 is 2.06 bits per heavy atom. The van der Waals surface area contributed by atoms with Crippen LogP contribution in [0.1, 0.15) is 26.7 Å². The predicted molar refractivity (Wildman–Crippen MR) is 62.2 cm³/mol. The molecule has 1 aliphatic rings. The van der Waals surface area contributed by atoms with Crippen LogP contribution in [0.5, 0.6) is 0 Å². The summed E-state index contributed by atoms with van der Waals surface area (Å²) in [6.45, 7) is 3.66. The Kier molecular flexibility index (Phi) is 5.75. The van der Waals surface area contributed by atoms with Crippen molar-refractivity contribution < 1.29 is 14.3 Å². The molecule has 1 aliphatic carbocycles. The first-order chi connectivity index (χ1) is 7.04. The Bertz CT molecular complexity index is 269. The highest BCUT2D eigenvalue weighted by Gasteiger charge is 2.49. The predicted octanol–water partition coefficient (Wildman–Crippen LogP) is 0.215. The zero-order chi connectivity index (χ0) is 11.5. The monoisotopic (exact) mass is 250 g/mol. The van der Waals surface area contributed by atoms with Crippen LogP contribution in [-0.2, 0) is 14.3 Å². The molecule has 0 aromatic heterocycles. The number of amides is 1. The van der Waals surface area contributed by atoms with Crippen molar-refractivity contribution in [3.63, 3.8) is 0 Å². The lowest BCUT2D eigenvalue weighted by Gasteiger charge is -2.28. The maximum absolute atomic E-state index is 11.7. The average molecular weight is 251 g/mol. The summed E-state index contributed by atoms with van der Waals surface area (Å²) >= 11 is 0. The minimum atomic E-state index is -0.896. The average Bonchev–Trinajstić information content (AvgIpc) is 3.01. The number of carbonyl (C=O) groups is 2. The van der Waals surface area contributed by atoms with Crippen LogP contribution in [0.25, 0.3) is 0 Å². The van der Waals surface area contributed by atoms with Gasteiger partial charge in [-0.3, -0.25) is 4.79 Å². The molecule has 0 spiro atoms. The summed E-state index contributed by atoms with van der Waals surface area (Å²) in [6, 6.07) is 0. The second-order valence-electron chi connectivity index (χ2n) is 3.95. The van der Waals surface area contributed by atoms with Crippen LogP contribution in [0.3, 0.4) is 0 Å². The lowest BCUT2D eigenvalue weighted by atomic mass is 9.96. The van der Waals surface area contributed by atoms with E-state index < -0.39 is 5.54 Å². The minimum absolute atomic E-state index is 0. The van der Waals surface area contributed by atoms with Gasteiger partial charge in [-0.1, -0.05) is 0 Å². The fraction of sp³-hybridized carbons (Fsp3) is 0.800. The smallest absolute Gasteiger partial charge is 0.331 e. The molecule has 0 aromatic rings. The van der Waals surface area contributed by atoms with Gasteiger partial charge in [0, 0.05) is 0 Å². The first kappa shape index (κ1) is 15.2. The van der Waals surface area contributed by atoms with E-state index in [1.807, 2.05) is 0 Å². The number of nitrogens with two attached hydrogens (primary N) is 1. The molecule has 0 radical (unpaired) electrons. The Labute approximate surface area is 101 Å². The van der Waals surface area contributed by atoms with Gasteiger partial charge >= 0.3 is 5.97 Å². The second-order valence-corrected chi connectivity index (χ2v) is 3.95. The van der Waals surface area contributed by atoms with Gasteiger partial charge in [-0.25, -0.2) is 4.79 Å². The molecule has 6 heteroatoms. The molecular weight excluding hydrogens is 232 g/mol. The van der Waals surface area contributed by atoms with E-state index in [-0.39, 0.29) is 36.7 Å². The highest BCUT2D eigenvalue weighted by Crippen LogP contribution is 2.40. The van der Waals surface area contributed by atoms with E-state index in [4.69, 9.17) is 10.5 Å². The van der Waals surface area contributed by atoms with Gasteiger partial charge in [0.1, 0.15) is 5.54 Å². The molecule has 3 N–H and O–H groups in total. The Morgan fingerprint density at radius 1 is 1.50 bits per heavy atom. The summed E-state index contributed by atoms with van der Waals surface area (Å²) in [5, 5.41) is 2.65. The molecule has 16 heavy (non-hydrogen) atoms. The van der Waals surface area contributed by atoms with E-state index >= 15 is 0 Å². The van der Waals surface area contributed by atoms with Crippen LogP contribution >= 0.6 is 12.4 Å². The molecule has 0 aliphatic heterocycles. The van der Waals surface area contributed by atoms with Crippen molar-refractivity contribution in [2.45, 2.75) is 32.2 Å². The van der Waals surface area contributed by atoms with Crippen molar-refractivity contribution in [3.8, 4) is 0 Å². The molecule has 1 unspecified atom stereocenters. The summed E-state index contributed by atoms with van der Waals surface area (Å²) < 4.78 is 4.96. The van der Waals surface area contributed by atoms with Crippen molar-refractivity contribution >= 4 is 24.3 Å². The van der Waals surface area contributed by atoms with Crippen LogP contribution in [0.4, 0.5) is 0 Å². The van der Waals surface area contributed by atoms with Gasteiger partial charge in [-0.15, -0.1) is 12.4 Å². The summed E-state index contributed by atoms with van der Waals surface area (Å²) in [5.74, 6) is -0.501. The summed E-state index contributed by atoms with van der Waals surface area (Å²) in [6.07, 6.45) is 1.89. The first-order valence-corrected chi connectivity index (χ1v) is 5.23. The molecule has 1 atom stereocenters. The third-order valence-corrected chi connectivity index (χ3v) is 2.68. The molecule has 0 saturated heterocycles. The molecule has 0 heterocycles. The molecule has 1 saturated carbocycles. The number of ether oxygens (including phenoxy) is 1. The number of nitrogens with one attached hydrogen (secondary N) is 1. The van der Waals surface area contributed by atoms with Crippen molar-refractivity contribution in [2.75, 3.05) is 13.2 Å². The Balaban J connectivity index is 0.00000225. The van der Waals surface area contributed by atoms with E-state index in [1.54, 1.807) is 13.8 Å². The van der Waals surface area contributed by atoms with Gasteiger partial charge in [-0.2, -0.15) is 0 Å². The lowest BCUT2D eigenvalue weighted by Crippen LogP contribution is -2.56. The Hall–Kier alpha value is -0.810. The van der Waals surface area contributed by atoms with E-state index in [9.17, 15) is 9.59 Å². The third kappa shape index (κ3) is 3.35. The van der Waals surface area contributed by atoms with Crippen LogP contribution in [-0.4, -0.2) is 30.6 Å². The summed E-state index contributed by atoms with van der Waals surface area (Å²) in [5.41, 5.74) is 4.31. The quantitative estimate of drug-likeness (QED) is 0.684. The highest BCUT2D eigenvalue weighted by atomic mass is 35.5. The van der Waals surface area contributed by atoms with Crippen LogP contribution < -0.4 is 11.1 Å². The van der Waals surface area contributed by atoms with Crippen molar-refractivity contribution in [2.24, 2.45) is 11.7 Å². The zero-order valence-corrected chi connectivity index (χ0v) is 10.4. The Morgan fingerprint density at radius 3 is 2.44 bits per heavy atom. The molecule has 1 rings (SSSR count). The third-order valence-electron chi connectivity index (χ3n) is 2.68. The minimum Gasteiger partial charge on any atom is -0.464 e. The topological polar surface area (TPSA) is 81.4 Å². The normalized spacial score (nSPS) is 17.9. The van der Waals surface area contributed by atoms with Crippen molar-refractivity contribution in [1.82, 2.24) is 5.32 Å². The second kappa shape index (κ2) is 6.06. The van der Waals surface area contributed by atoms with E-state index in [0.29, 0.717) is 6.61 Å². The molecule has 1 fully saturated rings. The number of hydrogen-bond acceptors (Lipinski definition) is 4. The number of rotatable bonds is 5. The van der Waals surface area contributed by atoms with Crippen LogP contribution in [0.15, 0.2) is 0 Å². The first-order valence-electron chi connectivity index (χ1n) is 5.23. The van der Waals surface area contributed by atoms with Gasteiger partial charge in [0.2, 0.25) is 5.91 Å². The standard InChI is InChI=1S/C10H18N2O3.ClH/c1-3-15-9(14)10(2,7-4-5-7)12-8(13)6-11;/h7H,3-6,11H2,1-2H3,(H,12,13);1H. The maximum atomic E-state index is 11.7. The molecule has 0 bridgehead atoms. The SMILES string of the molecule is CCOC(=O)C(C)(NC(=O)CN)C1CC1.Cl. The van der Waals surface area contributed by atoms with E-state index in [2.05, 4.69) is 5.32 Å². The molecule has 5 nitrogen and oxygen atoms in total. The highest BCUT2D eigenvalue weighted by molar-refractivity contribution is 5.89. The largest absolute Gasteiger partial charge is 0.464 e. The number of hydrogen-bond donors (Lipinski definition) is 2. The van der Waals surface area contributed by atoms with Gasteiger partial charge in [0.05, 0.1) is 13.2 Å². The van der Waals surface area contributed by atoms with Gasteiger partial charge in [-0.05, 0) is 32.6 Å². The molecule has 0 aromatic carbocycles. The fourth-order valence-corrected chi connectivity index (χ4v) is 1.60. The van der Waals surface area contributed by atoms with Gasteiger partial charge < -0.3 is 15.8 Å². The maximum Gasteiger partial charge on any atom is 0.331 e. The summed E-state index contributed by atoms with van der Waals surface area (Å²) in [7, 11) is 0. The number of halogens is 1. The summed E-state index contributed by atoms with van der Waals surface area (Å²) in [4.78, 5) is 22.9. The number of esters is 1. The van der Waals surface area contributed by atoms with Crippen molar-refractivity contribution in [3.05, 3.63) is 0 Å². The fourth-order valence-electron chi connectivity index (χ4n) is 1.60. The van der Waals surface area contributed by atoms with E-state index in [1.165, 1.54) is 0 Å². The van der Waals surface area contributed by atoms with Crippen LogP contribution in [0.2, 0.25) is 0 Å². The molecular formula is C10H19ClN2O3. The molecule has 94 valence electrons. The zero-order valence-electron chi connectivity index (χ0n) is 9.62. The molecule has 1 amide bonds.